The van der Waals surface area contributed by atoms with Gasteiger partial charge in [-0.25, -0.2) is 5.43 Å². The van der Waals surface area contributed by atoms with E-state index in [2.05, 4.69) is 28.7 Å². The molecule has 0 saturated carbocycles. The van der Waals surface area contributed by atoms with E-state index in [0.717, 1.165) is 21.6 Å². The van der Waals surface area contributed by atoms with Gasteiger partial charge in [-0.3, -0.25) is 4.79 Å². The number of thiophene rings is 1. The average molecular weight is 386 g/mol. The summed E-state index contributed by atoms with van der Waals surface area (Å²) in [4.78, 5) is 13.1. The number of nitrogens with zero attached hydrogens (tertiary/aromatic N) is 1. The van der Waals surface area contributed by atoms with Gasteiger partial charge in [-0.05, 0) is 52.0 Å². The van der Waals surface area contributed by atoms with E-state index in [4.69, 9.17) is 4.74 Å². The fraction of sp³-hybridized carbons (Fsp3) is 0.0435. The summed E-state index contributed by atoms with van der Waals surface area (Å²) in [5.74, 6) is 0.582. The standard InChI is InChI=1S/C23H18N2O2S/c26-23(25-24-15-22-6-3-13-28-22)19-9-7-17(8-10-19)16-27-21-12-11-18-4-1-2-5-20(18)14-21/h1-15H,16H2,(H,25,26). The van der Waals surface area contributed by atoms with Crippen LogP contribution in [0.5, 0.6) is 5.75 Å². The van der Waals surface area contributed by atoms with Crippen molar-refractivity contribution in [2.75, 3.05) is 0 Å². The second kappa shape index (κ2) is 8.50. The van der Waals surface area contributed by atoms with E-state index >= 15 is 0 Å². The van der Waals surface area contributed by atoms with Crippen molar-refractivity contribution in [2.24, 2.45) is 5.10 Å². The third-order valence-corrected chi connectivity index (χ3v) is 5.05. The van der Waals surface area contributed by atoms with Crippen molar-refractivity contribution in [3.63, 3.8) is 0 Å². The van der Waals surface area contributed by atoms with Crippen LogP contribution < -0.4 is 10.2 Å². The molecule has 0 unspecified atom stereocenters. The lowest BCUT2D eigenvalue weighted by Crippen LogP contribution is -2.17. The zero-order valence-electron chi connectivity index (χ0n) is 15.0. The molecule has 4 aromatic rings. The Morgan fingerprint density at radius 1 is 0.964 bits per heavy atom. The van der Waals surface area contributed by atoms with E-state index in [9.17, 15) is 4.79 Å². The number of hydrogen-bond acceptors (Lipinski definition) is 4. The highest BCUT2D eigenvalue weighted by atomic mass is 32.1. The first kappa shape index (κ1) is 17.9. The second-order valence-electron chi connectivity index (χ2n) is 6.21. The molecule has 0 aliphatic rings. The van der Waals surface area contributed by atoms with Crippen LogP contribution in [0.15, 0.2) is 89.3 Å². The summed E-state index contributed by atoms with van der Waals surface area (Å²) in [5.41, 5.74) is 4.08. The Kier molecular flexibility index (Phi) is 5.45. The Labute approximate surface area is 167 Å². The number of carbonyl (C=O) groups excluding carboxylic acids is 1. The third kappa shape index (κ3) is 4.45. The molecule has 138 valence electrons. The van der Waals surface area contributed by atoms with Crippen molar-refractivity contribution in [3.05, 3.63) is 100 Å². The molecule has 0 atom stereocenters. The van der Waals surface area contributed by atoms with Crippen LogP contribution in [0.2, 0.25) is 0 Å². The monoisotopic (exact) mass is 386 g/mol. The Morgan fingerprint density at radius 2 is 1.79 bits per heavy atom. The van der Waals surface area contributed by atoms with Gasteiger partial charge in [0.2, 0.25) is 0 Å². The zero-order chi connectivity index (χ0) is 19.2. The Morgan fingerprint density at radius 3 is 2.57 bits per heavy atom. The minimum atomic E-state index is -0.241. The smallest absolute Gasteiger partial charge is 0.271 e. The van der Waals surface area contributed by atoms with E-state index in [0.29, 0.717) is 12.2 Å². The molecule has 1 heterocycles. The predicted molar refractivity (Wildman–Crippen MR) is 114 cm³/mol. The lowest BCUT2D eigenvalue weighted by atomic mass is 10.1. The van der Waals surface area contributed by atoms with E-state index < -0.39 is 0 Å². The molecule has 4 nitrogen and oxygen atoms in total. The predicted octanol–water partition coefficient (Wildman–Crippen LogP) is 5.24. The van der Waals surface area contributed by atoms with Gasteiger partial charge in [0, 0.05) is 10.4 Å². The molecule has 1 aromatic heterocycles. The molecular weight excluding hydrogens is 368 g/mol. The SMILES string of the molecule is O=C(NN=Cc1cccs1)c1ccc(COc2ccc3ccccc3c2)cc1. The maximum atomic E-state index is 12.1. The fourth-order valence-corrected chi connectivity index (χ4v) is 3.34. The summed E-state index contributed by atoms with van der Waals surface area (Å²) >= 11 is 1.56. The Balaban J connectivity index is 1.34. The molecule has 28 heavy (non-hydrogen) atoms. The molecular formula is C23H18N2O2S. The van der Waals surface area contributed by atoms with Crippen LogP contribution in [0.4, 0.5) is 0 Å². The van der Waals surface area contributed by atoms with Crippen LogP contribution in [0, 0.1) is 0 Å². The molecule has 0 radical (unpaired) electrons. The first-order valence-electron chi connectivity index (χ1n) is 8.85. The van der Waals surface area contributed by atoms with Gasteiger partial charge in [-0.15, -0.1) is 11.3 Å². The van der Waals surface area contributed by atoms with E-state index in [-0.39, 0.29) is 5.91 Å². The van der Waals surface area contributed by atoms with Crippen molar-refractivity contribution in [1.29, 1.82) is 0 Å². The first-order chi connectivity index (χ1) is 13.8. The number of fused-ring (bicyclic) bond motifs is 1. The van der Waals surface area contributed by atoms with Crippen LogP contribution in [-0.2, 0) is 6.61 Å². The van der Waals surface area contributed by atoms with Crippen molar-refractivity contribution in [1.82, 2.24) is 5.43 Å². The van der Waals surface area contributed by atoms with Crippen molar-refractivity contribution in [3.8, 4) is 5.75 Å². The lowest BCUT2D eigenvalue weighted by Gasteiger charge is -2.08. The fourth-order valence-electron chi connectivity index (χ4n) is 2.76. The molecule has 1 amide bonds. The Hall–Kier alpha value is -3.44. The van der Waals surface area contributed by atoms with Gasteiger partial charge in [-0.2, -0.15) is 5.10 Å². The number of hydrogen-bond donors (Lipinski definition) is 1. The van der Waals surface area contributed by atoms with Crippen LogP contribution in [0.25, 0.3) is 10.8 Å². The quantitative estimate of drug-likeness (QED) is 0.364. The molecule has 0 aliphatic heterocycles. The number of rotatable bonds is 6. The van der Waals surface area contributed by atoms with Gasteiger partial charge in [0.15, 0.2) is 0 Å². The number of carbonyl (C=O) groups is 1. The number of hydrazone groups is 1. The maximum Gasteiger partial charge on any atom is 0.271 e. The Bertz CT molecular complexity index is 1100. The summed E-state index contributed by atoms with van der Waals surface area (Å²) < 4.78 is 5.88. The second-order valence-corrected chi connectivity index (χ2v) is 7.19. The van der Waals surface area contributed by atoms with Crippen LogP contribution >= 0.6 is 11.3 Å². The summed E-state index contributed by atoms with van der Waals surface area (Å²) in [6, 6.07) is 25.4. The van der Waals surface area contributed by atoms with E-state index in [1.54, 1.807) is 29.7 Å². The van der Waals surface area contributed by atoms with Crippen LogP contribution in [-0.4, -0.2) is 12.1 Å². The minimum absolute atomic E-state index is 0.241. The largest absolute Gasteiger partial charge is 0.489 e. The van der Waals surface area contributed by atoms with Crippen LogP contribution in [0.3, 0.4) is 0 Å². The average Bonchev–Trinajstić information content (AvgIpc) is 3.26. The zero-order valence-corrected chi connectivity index (χ0v) is 15.9. The summed E-state index contributed by atoms with van der Waals surface area (Å²) in [6.45, 7) is 0.441. The maximum absolute atomic E-state index is 12.1. The number of amides is 1. The molecule has 5 heteroatoms. The highest BCUT2D eigenvalue weighted by molar-refractivity contribution is 7.11. The van der Waals surface area contributed by atoms with Gasteiger partial charge in [0.25, 0.3) is 5.91 Å². The molecule has 0 aliphatic carbocycles. The normalized spacial score (nSPS) is 11.0. The molecule has 0 saturated heterocycles. The highest BCUT2D eigenvalue weighted by Crippen LogP contribution is 2.21. The molecule has 0 fully saturated rings. The van der Waals surface area contributed by atoms with E-state index in [1.807, 2.05) is 53.9 Å². The first-order valence-corrected chi connectivity index (χ1v) is 9.73. The topological polar surface area (TPSA) is 50.7 Å². The molecule has 0 bridgehead atoms. The number of nitrogens with one attached hydrogen (secondary N) is 1. The summed E-state index contributed by atoms with van der Waals surface area (Å²) in [6.07, 6.45) is 1.63. The van der Waals surface area contributed by atoms with Gasteiger partial charge in [0.1, 0.15) is 12.4 Å². The summed E-state index contributed by atoms with van der Waals surface area (Å²) in [5, 5.41) is 8.27. The van der Waals surface area contributed by atoms with Gasteiger partial charge < -0.3 is 4.74 Å². The number of benzene rings is 3. The number of ether oxygens (including phenoxy) is 1. The van der Waals surface area contributed by atoms with E-state index in [1.165, 1.54) is 5.39 Å². The summed E-state index contributed by atoms with van der Waals surface area (Å²) in [7, 11) is 0. The van der Waals surface area contributed by atoms with Crippen molar-refractivity contribution < 1.29 is 9.53 Å². The highest BCUT2D eigenvalue weighted by Gasteiger charge is 2.05. The molecule has 0 spiro atoms. The lowest BCUT2D eigenvalue weighted by molar-refractivity contribution is 0.0955. The van der Waals surface area contributed by atoms with Gasteiger partial charge in [-0.1, -0.05) is 48.5 Å². The van der Waals surface area contributed by atoms with Crippen LogP contribution in [0.1, 0.15) is 20.8 Å². The van der Waals surface area contributed by atoms with Gasteiger partial charge >= 0.3 is 0 Å². The molecule has 3 aromatic carbocycles. The van der Waals surface area contributed by atoms with Gasteiger partial charge in [0.05, 0.1) is 6.21 Å². The minimum Gasteiger partial charge on any atom is -0.489 e. The van der Waals surface area contributed by atoms with Crippen molar-refractivity contribution >= 4 is 34.2 Å². The molecule has 4 rings (SSSR count). The van der Waals surface area contributed by atoms with Crippen molar-refractivity contribution in [2.45, 2.75) is 6.61 Å². The molecule has 1 N–H and O–H groups in total. The third-order valence-electron chi connectivity index (χ3n) is 4.24.